The number of amides is 3. The fourth-order valence-corrected chi connectivity index (χ4v) is 4.24. The van der Waals surface area contributed by atoms with E-state index in [0.717, 1.165) is 38.3 Å². The predicted octanol–water partition coefficient (Wildman–Crippen LogP) is 1.07. The van der Waals surface area contributed by atoms with Crippen LogP contribution in [-0.2, 0) is 11.3 Å². The highest BCUT2D eigenvalue weighted by Crippen LogP contribution is 2.28. The molecule has 8 nitrogen and oxygen atoms in total. The van der Waals surface area contributed by atoms with Crippen LogP contribution in [0.1, 0.15) is 12.5 Å². The summed E-state index contributed by atoms with van der Waals surface area (Å²) in [5, 5.41) is 2.39. The molecule has 0 saturated carbocycles. The van der Waals surface area contributed by atoms with E-state index in [1.165, 1.54) is 11.0 Å². The molecule has 9 heteroatoms. The fraction of sp³-hybridized carbons (Fsp3) is 0.476. The van der Waals surface area contributed by atoms with Crippen molar-refractivity contribution in [2.24, 2.45) is 4.99 Å². The first-order chi connectivity index (χ1) is 14.3. The van der Waals surface area contributed by atoms with Gasteiger partial charge in [0, 0.05) is 51.9 Å². The van der Waals surface area contributed by atoms with Crippen molar-refractivity contribution in [3.8, 4) is 0 Å². The Labute approximate surface area is 175 Å². The molecule has 30 heavy (non-hydrogen) atoms. The maximum atomic E-state index is 14.4. The van der Waals surface area contributed by atoms with Gasteiger partial charge >= 0.3 is 6.03 Å². The SMILES string of the molecule is C=C(C)CN1CCN(C2=NC3C(C(=O)NC(=O)N3C)N2Cc2ccccc2F)CC1. The molecule has 0 aliphatic carbocycles. The molecule has 2 atom stereocenters. The standard InChI is InChI=1S/C21H27FN6O2/c1-14(2)12-26-8-10-27(11-9-26)20-23-18-17(19(29)24-21(30)25(18)3)28(20)13-15-6-4-5-7-16(15)22/h4-7,17-18H,1,8-13H2,2-3H3,(H,24,29,30). The van der Waals surface area contributed by atoms with E-state index in [2.05, 4.69) is 21.7 Å². The molecule has 0 radical (unpaired) electrons. The molecular formula is C21H27FN6O2. The number of nitrogens with one attached hydrogen (secondary N) is 1. The van der Waals surface area contributed by atoms with E-state index in [-0.39, 0.29) is 12.4 Å². The minimum atomic E-state index is -0.684. The molecule has 4 rings (SSSR count). The van der Waals surface area contributed by atoms with E-state index in [1.807, 2.05) is 11.8 Å². The number of guanidine groups is 1. The number of hydrogen-bond acceptors (Lipinski definition) is 6. The largest absolute Gasteiger partial charge is 0.340 e. The van der Waals surface area contributed by atoms with Crippen LogP contribution in [0.25, 0.3) is 0 Å². The number of carbonyl (C=O) groups excluding carboxylic acids is 2. The van der Waals surface area contributed by atoms with Gasteiger partial charge < -0.3 is 14.7 Å². The molecule has 0 aromatic heterocycles. The van der Waals surface area contributed by atoms with Gasteiger partial charge in [-0.1, -0.05) is 30.4 Å². The van der Waals surface area contributed by atoms with Gasteiger partial charge in [0.1, 0.15) is 5.82 Å². The van der Waals surface area contributed by atoms with Gasteiger partial charge in [-0.15, -0.1) is 0 Å². The molecule has 1 aromatic carbocycles. The van der Waals surface area contributed by atoms with E-state index in [4.69, 9.17) is 4.99 Å². The number of piperazine rings is 1. The van der Waals surface area contributed by atoms with Gasteiger partial charge in [-0.3, -0.25) is 15.0 Å². The molecule has 2 fully saturated rings. The molecule has 2 unspecified atom stereocenters. The molecule has 3 aliphatic heterocycles. The van der Waals surface area contributed by atoms with Gasteiger partial charge in [-0.05, 0) is 13.0 Å². The van der Waals surface area contributed by atoms with E-state index >= 15 is 0 Å². The molecule has 0 spiro atoms. The maximum absolute atomic E-state index is 14.4. The Morgan fingerprint density at radius 2 is 1.93 bits per heavy atom. The summed E-state index contributed by atoms with van der Waals surface area (Å²) >= 11 is 0. The summed E-state index contributed by atoms with van der Waals surface area (Å²) in [6, 6.07) is 5.38. The lowest BCUT2D eigenvalue weighted by Gasteiger charge is -2.40. The number of nitrogens with zero attached hydrogens (tertiary/aromatic N) is 5. The van der Waals surface area contributed by atoms with Crippen LogP contribution in [-0.4, -0.2) is 89.5 Å². The summed E-state index contributed by atoms with van der Waals surface area (Å²) in [6.45, 7) is 10.2. The minimum absolute atomic E-state index is 0.202. The third-order valence-electron chi connectivity index (χ3n) is 5.79. The topological polar surface area (TPSA) is 71.5 Å². The molecule has 160 valence electrons. The quantitative estimate of drug-likeness (QED) is 0.747. The molecule has 3 aliphatic rings. The Morgan fingerprint density at radius 3 is 2.60 bits per heavy atom. The average molecular weight is 414 g/mol. The zero-order chi connectivity index (χ0) is 21.4. The van der Waals surface area contributed by atoms with Gasteiger partial charge in [-0.25, -0.2) is 14.2 Å². The van der Waals surface area contributed by atoms with Crippen molar-refractivity contribution < 1.29 is 14.0 Å². The first kappa shape index (κ1) is 20.3. The Kier molecular flexibility index (Phi) is 5.46. The van der Waals surface area contributed by atoms with Crippen LogP contribution >= 0.6 is 0 Å². The second kappa shape index (κ2) is 8.06. The Bertz CT molecular complexity index is 895. The molecule has 3 amide bonds. The highest BCUT2D eigenvalue weighted by atomic mass is 19.1. The van der Waals surface area contributed by atoms with Crippen LogP contribution in [0.3, 0.4) is 0 Å². The van der Waals surface area contributed by atoms with Crippen LogP contribution < -0.4 is 5.32 Å². The fourth-order valence-electron chi connectivity index (χ4n) is 4.24. The molecule has 3 heterocycles. The number of likely N-dealkylation sites (N-methyl/N-ethyl adjacent to an activating group) is 1. The smallest absolute Gasteiger partial charge is 0.325 e. The lowest BCUT2D eigenvalue weighted by Crippen LogP contribution is -2.64. The van der Waals surface area contributed by atoms with Gasteiger partial charge in [0.05, 0.1) is 0 Å². The molecule has 1 N–H and O–H groups in total. The van der Waals surface area contributed by atoms with Crippen LogP contribution in [0.4, 0.5) is 9.18 Å². The van der Waals surface area contributed by atoms with Crippen LogP contribution in [0.15, 0.2) is 41.4 Å². The summed E-state index contributed by atoms with van der Waals surface area (Å²) in [6.07, 6.45) is -0.624. The molecule has 2 saturated heterocycles. The van der Waals surface area contributed by atoms with Crippen molar-refractivity contribution in [2.45, 2.75) is 25.7 Å². The lowest BCUT2D eigenvalue weighted by molar-refractivity contribution is -0.127. The number of hydrogen-bond donors (Lipinski definition) is 1. The third kappa shape index (κ3) is 3.77. The van der Waals surface area contributed by atoms with Crippen LogP contribution in [0, 0.1) is 5.82 Å². The first-order valence-electron chi connectivity index (χ1n) is 10.1. The van der Waals surface area contributed by atoms with Gasteiger partial charge in [0.25, 0.3) is 5.91 Å². The zero-order valence-corrected chi connectivity index (χ0v) is 17.3. The van der Waals surface area contributed by atoms with Crippen molar-refractivity contribution in [3.63, 3.8) is 0 Å². The second-order valence-electron chi connectivity index (χ2n) is 8.13. The summed E-state index contributed by atoms with van der Waals surface area (Å²) in [5.41, 5.74) is 1.60. The lowest BCUT2D eigenvalue weighted by atomic mass is 10.1. The van der Waals surface area contributed by atoms with Crippen molar-refractivity contribution in [1.82, 2.24) is 24.9 Å². The maximum Gasteiger partial charge on any atom is 0.325 e. The van der Waals surface area contributed by atoms with E-state index in [9.17, 15) is 14.0 Å². The van der Waals surface area contributed by atoms with Gasteiger partial charge in [0.15, 0.2) is 18.2 Å². The highest BCUT2D eigenvalue weighted by molar-refractivity contribution is 6.03. The average Bonchev–Trinajstić information content (AvgIpc) is 3.08. The monoisotopic (exact) mass is 414 g/mol. The summed E-state index contributed by atoms with van der Waals surface area (Å²) in [5.74, 6) is -0.0914. The number of benzene rings is 1. The first-order valence-corrected chi connectivity index (χ1v) is 10.1. The number of halogens is 1. The van der Waals surface area contributed by atoms with Crippen LogP contribution in [0.5, 0.6) is 0 Å². The minimum Gasteiger partial charge on any atom is -0.340 e. The third-order valence-corrected chi connectivity index (χ3v) is 5.79. The summed E-state index contributed by atoms with van der Waals surface area (Å²) < 4.78 is 14.4. The van der Waals surface area contributed by atoms with Crippen molar-refractivity contribution in [3.05, 3.63) is 47.8 Å². The van der Waals surface area contributed by atoms with Crippen LogP contribution in [0.2, 0.25) is 0 Å². The number of carbonyl (C=O) groups is 2. The Morgan fingerprint density at radius 1 is 1.23 bits per heavy atom. The van der Waals surface area contributed by atoms with Gasteiger partial charge in [-0.2, -0.15) is 0 Å². The number of rotatable bonds is 4. The van der Waals surface area contributed by atoms with Gasteiger partial charge in [0.2, 0.25) is 0 Å². The number of aliphatic imine (C=N–C) groups is 1. The second-order valence-corrected chi connectivity index (χ2v) is 8.13. The zero-order valence-electron chi connectivity index (χ0n) is 17.3. The van der Waals surface area contributed by atoms with Crippen molar-refractivity contribution in [1.29, 1.82) is 0 Å². The van der Waals surface area contributed by atoms with E-state index in [0.29, 0.717) is 11.5 Å². The van der Waals surface area contributed by atoms with E-state index < -0.39 is 24.1 Å². The normalized spacial score (nSPS) is 24.6. The number of urea groups is 1. The van der Waals surface area contributed by atoms with Crippen molar-refractivity contribution >= 4 is 17.9 Å². The van der Waals surface area contributed by atoms with Crippen molar-refractivity contribution in [2.75, 3.05) is 39.8 Å². The molecular weight excluding hydrogens is 387 g/mol. The summed E-state index contributed by atoms with van der Waals surface area (Å²) in [7, 11) is 1.62. The number of imide groups is 1. The summed E-state index contributed by atoms with van der Waals surface area (Å²) in [4.78, 5) is 37.3. The Hall–Kier alpha value is -2.94. The molecule has 1 aromatic rings. The molecule has 0 bridgehead atoms. The van der Waals surface area contributed by atoms with E-state index in [1.54, 1.807) is 25.2 Å². The highest BCUT2D eigenvalue weighted by Gasteiger charge is 2.50. The number of fused-ring (bicyclic) bond motifs is 1. The Balaban J connectivity index is 1.60. The predicted molar refractivity (Wildman–Crippen MR) is 111 cm³/mol.